The molecule has 16 heavy (non-hydrogen) atoms. The predicted octanol–water partition coefficient (Wildman–Crippen LogP) is 3.59. The van der Waals surface area contributed by atoms with Gasteiger partial charge < -0.3 is 4.90 Å². The van der Waals surface area contributed by atoms with Crippen LogP contribution in [0.25, 0.3) is 0 Å². The molecule has 1 aromatic heterocycles. The molecular weight excluding hydrogens is 286 g/mol. The first-order valence-electron chi connectivity index (χ1n) is 5.70. The van der Waals surface area contributed by atoms with Crippen LogP contribution in [0.2, 0.25) is 0 Å². The van der Waals surface area contributed by atoms with Crippen molar-refractivity contribution in [3.8, 4) is 0 Å². The van der Waals surface area contributed by atoms with Crippen LogP contribution in [0, 0.1) is 0 Å². The van der Waals surface area contributed by atoms with Gasteiger partial charge >= 0.3 is 0 Å². The van der Waals surface area contributed by atoms with Crippen molar-refractivity contribution >= 4 is 33.2 Å². The fraction of sp³-hybridized carbons (Fsp3) is 0.583. The second-order valence-corrected chi connectivity index (χ2v) is 6.01. The van der Waals surface area contributed by atoms with Gasteiger partial charge in [0.05, 0.1) is 10.9 Å². The number of hydrogen-bond acceptors (Lipinski definition) is 2. The third-order valence-electron chi connectivity index (χ3n) is 3.09. The fourth-order valence-corrected chi connectivity index (χ4v) is 3.17. The van der Waals surface area contributed by atoms with E-state index >= 15 is 0 Å². The Morgan fingerprint density at radius 3 is 3.19 bits per heavy atom. The van der Waals surface area contributed by atoms with Gasteiger partial charge in [0.2, 0.25) is 5.91 Å². The maximum atomic E-state index is 12.2. The molecule has 0 aliphatic carbocycles. The van der Waals surface area contributed by atoms with E-state index in [1.54, 1.807) is 11.3 Å². The minimum Gasteiger partial charge on any atom is -0.335 e. The topological polar surface area (TPSA) is 20.3 Å². The van der Waals surface area contributed by atoms with Gasteiger partial charge in [-0.2, -0.15) is 11.3 Å². The molecule has 2 nitrogen and oxygen atoms in total. The van der Waals surface area contributed by atoms with Crippen LogP contribution in [0.3, 0.4) is 0 Å². The van der Waals surface area contributed by atoms with Crippen LogP contribution in [0.5, 0.6) is 0 Å². The van der Waals surface area contributed by atoms with Crippen molar-refractivity contribution in [3.05, 3.63) is 22.4 Å². The van der Waals surface area contributed by atoms with Crippen LogP contribution < -0.4 is 0 Å². The Kier molecular flexibility index (Phi) is 4.03. The summed E-state index contributed by atoms with van der Waals surface area (Å²) in [5.74, 6) is 0.246. The zero-order chi connectivity index (χ0) is 11.5. The Morgan fingerprint density at radius 1 is 1.75 bits per heavy atom. The number of carbonyl (C=O) groups excluding carboxylic acids is 1. The van der Waals surface area contributed by atoms with E-state index in [0.717, 1.165) is 25.8 Å². The number of rotatable bonds is 3. The minimum absolute atomic E-state index is 0.0215. The monoisotopic (exact) mass is 301 g/mol. The lowest BCUT2D eigenvalue weighted by molar-refractivity contribution is -0.131. The largest absolute Gasteiger partial charge is 0.335 e. The smallest absolute Gasteiger partial charge is 0.236 e. The number of amides is 1. The van der Waals surface area contributed by atoms with Crippen LogP contribution in [-0.4, -0.2) is 22.2 Å². The molecule has 1 aliphatic rings. The van der Waals surface area contributed by atoms with Crippen LogP contribution in [0.4, 0.5) is 0 Å². The Morgan fingerprint density at radius 2 is 2.56 bits per heavy atom. The summed E-state index contributed by atoms with van der Waals surface area (Å²) < 4.78 is 0. The number of carbonyl (C=O) groups is 1. The van der Waals surface area contributed by atoms with Crippen LogP contribution in [-0.2, 0) is 4.79 Å². The number of thiophene rings is 1. The molecule has 1 aliphatic heterocycles. The van der Waals surface area contributed by atoms with E-state index in [-0.39, 0.29) is 10.7 Å². The summed E-state index contributed by atoms with van der Waals surface area (Å²) >= 11 is 5.16. The van der Waals surface area contributed by atoms with E-state index < -0.39 is 0 Å². The molecule has 0 spiro atoms. The zero-order valence-electron chi connectivity index (χ0n) is 9.36. The second kappa shape index (κ2) is 5.32. The normalized spacial score (nSPS) is 22.4. The Balaban J connectivity index is 2.12. The first kappa shape index (κ1) is 12.1. The molecule has 1 saturated heterocycles. The first-order valence-corrected chi connectivity index (χ1v) is 7.56. The molecule has 0 radical (unpaired) electrons. The summed E-state index contributed by atoms with van der Waals surface area (Å²) in [6, 6.07) is 2.45. The maximum Gasteiger partial charge on any atom is 0.236 e. The number of alkyl halides is 1. The molecule has 4 heteroatoms. The summed E-state index contributed by atoms with van der Waals surface area (Å²) in [7, 11) is 0. The van der Waals surface area contributed by atoms with Gasteiger partial charge in [0.1, 0.15) is 0 Å². The number of nitrogens with zero attached hydrogens (tertiary/aromatic N) is 1. The molecule has 2 heterocycles. The van der Waals surface area contributed by atoms with Gasteiger partial charge in [-0.1, -0.05) is 22.9 Å². The van der Waals surface area contributed by atoms with Crippen molar-refractivity contribution in [2.45, 2.75) is 37.1 Å². The van der Waals surface area contributed by atoms with Crippen molar-refractivity contribution in [2.24, 2.45) is 0 Å². The number of likely N-dealkylation sites (tertiary alicyclic amines) is 1. The molecule has 0 aromatic carbocycles. The quantitative estimate of drug-likeness (QED) is 0.781. The van der Waals surface area contributed by atoms with Crippen molar-refractivity contribution in [3.63, 3.8) is 0 Å². The molecule has 0 bridgehead atoms. The average Bonchev–Trinajstić information content (AvgIpc) is 2.95. The molecular formula is C12H16BrNOS. The number of hydrogen-bond donors (Lipinski definition) is 0. The lowest BCUT2D eigenvalue weighted by atomic mass is 10.1. The highest BCUT2D eigenvalue weighted by Crippen LogP contribution is 2.34. The van der Waals surface area contributed by atoms with Crippen LogP contribution >= 0.6 is 27.3 Å². The van der Waals surface area contributed by atoms with Crippen LogP contribution in [0.1, 0.15) is 37.8 Å². The highest BCUT2D eigenvalue weighted by molar-refractivity contribution is 9.10. The zero-order valence-corrected chi connectivity index (χ0v) is 11.8. The molecule has 1 aromatic rings. The highest BCUT2D eigenvalue weighted by atomic mass is 79.9. The SMILES string of the molecule is CCC(Br)C(=O)N1CCCC1c1ccsc1. The summed E-state index contributed by atoms with van der Waals surface area (Å²) in [5, 5.41) is 4.24. The van der Waals surface area contributed by atoms with Gasteiger partial charge in [-0.3, -0.25) is 4.79 Å². The molecule has 88 valence electrons. The fourth-order valence-electron chi connectivity index (χ4n) is 2.20. The predicted molar refractivity (Wildman–Crippen MR) is 71.0 cm³/mol. The molecule has 0 N–H and O–H groups in total. The van der Waals surface area contributed by atoms with Crippen molar-refractivity contribution in [1.29, 1.82) is 0 Å². The van der Waals surface area contributed by atoms with Gasteiger partial charge in [0.25, 0.3) is 0 Å². The standard InChI is InChI=1S/C12H16BrNOS/c1-2-10(13)12(15)14-6-3-4-11(14)9-5-7-16-8-9/h5,7-8,10-11H,2-4,6H2,1H3. The molecule has 1 amide bonds. The third-order valence-corrected chi connectivity index (χ3v) is 4.83. The van der Waals surface area contributed by atoms with Gasteiger partial charge in [-0.15, -0.1) is 0 Å². The summed E-state index contributed by atoms with van der Waals surface area (Å²) in [6.45, 7) is 2.94. The van der Waals surface area contributed by atoms with E-state index in [1.165, 1.54) is 5.56 Å². The lowest BCUT2D eigenvalue weighted by Crippen LogP contribution is -2.35. The summed E-state index contributed by atoms with van der Waals surface area (Å²) in [4.78, 5) is 14.2. The van der Waals surface area contributed by atoms with Crippen molar-refractivity contribution < 1.29 is 4.79 Å². The van der Waals surface area contributed by atoms with E-state index in [0.29, 0.717) is 6.04 Å². The van der Waals surface area contributed by atoms with E-state index in [2.05, 4.69) is 32.8 Å². The average molecular weight is 302 g/mol. The van der Waals surface area contributed by atoms with Crippen molar-refractivity contribution in [1.82, 2.24) is 4.90 Å². The minimum atomic E-state index is -0.0215. The highest BCUT2D eigenvalue weighted by Gasteiger charge is 2.32. The summed E-state index contributed by atoms with van der Waals surface area (Å²) in [6.07, 6.45) is 3.08. The third kappa shape index (κ3) is 2.33. The maximum absolute atomic E-state index is 12.2. The lowest BCUT2D eigenvalue weighted by Gasteiger charge is -2.26. The second-order valence-electron chi connectivity index (χ2n) is 4.12. The molecule has 2 rings (SSSR count). The van der Waals surface area contributed by atoms with Gasteiger partial charge in [0, 0.05) is 6.54 Å². The van der Waals surface area contributed by atoms with E-state index in [1.807, 2.05) is 11.8 Å². The Labute approximate surface area is 109 Å². The Bertz CT molecular complexity index is 352. The molecule has 2 atom stereocenters. The summed E-state index contributed by atoms with van der Waals surface area (Å²) in [5.41, 5.74) is 1.30. The van der Waals surface area contributed by atoms with E-state index in [9.17, 15) is 4.79 Å². The van der Waals surface area contributed by atoms with Gasteiger partial charge in [-0.25, -0.2) is 0 Å². The Hall–Kier alpha value is -0.350. The first-order chi connectivity index (χ1) is 7.74. The molecule has 0 saturated carbocycles. The number of halogens is 1. The van der Waals surface area contributed by atoms with Gasteiger partial charge in [0.15, 0.2) is 0 Å². The van der Waals surface area contributed by atoms with Crippen LogP contribution in [0.15, 0.2) is 16.8 Å². The molecule has 2 unspecified atom stereocenters. The van der Waals surface area contributed by atoms with E-state index in [4.69, 9.17) is 0 Å². The van der Waals surface area contributed by atoms with Gasteiger partial charge in [-0.05, 0) is 41.7 Å². The molecule has 1 fully saturated rings. The van der Waals surface area contributed by atoms with Crippen molar-refractivity contribution in [2.75, 3.05) is 6.54 Å².